The molecule has 0 aliphatic carbocycles. The van der Waals surface area contributed by atoms with Crippen LogP contribution in [0.1, 0.15) is 31.9 Å². The predicted molar refractivity (Wildman–Crippen MR) is 40.7 cm³/mol. The molecule has 1 atom stereocenters. The summed E-state index contributed by atoms with van der Waals surface area (Å²) >= 11 is 0. The highest BCUT2D eigenvalue weighted by atomic mass is 19.1. The van der Waals surface area contributed by atoms with Crippen molar-refractivity contribution in [2.45, 2.75) is 26.2 Å². The Morgan fingerprint density at radius 2 is 2.09 bits per heavy atom. The van der Waals surface area contributed by atoms with E-state index in [9.17, 15) is 4.39 Å². The molecule has 0 aromatic carbocycles. The highest BCUT2D eigenvalue weighted by Gasteiger charge is 2.09. The second-order valence-electron chi connectivity index (χ2n) is 2.54. The Morgan fingerprint density at radius 3 is 2.64 bits per heavy atom. The number of rotatable bonds is 2. The lowest BCUT2D eigenvalue weighted by molar-refractivity contribution is 0.531. The molecule has 2 nitrogen and oxygen atoms in total. The zero-order valence-electron chi connectivity index (χ0n) is 6.71. The second kappa shape index (κ2) is 3.42. The van der Waals surface area contributed by atoms with Gasteiger partial charge in [-0.3, -0.25) is 4.98 Å². The molecular formula is C8H11FN2. The summed E-state index contributed by atoms with van der Waals surface area (Å²) in [5.41, 5.74) is 0.468. The molecule has 0 N–H and O–H groups in total. The Hall–Kier alpha value is -0.990. The van der Waals surface area contributed by atoms with Crippen molar-refractivity contribution in [3.63, 3.8) is 0 Å². The molecule has 0 saturated carbocycles. The fourth-order valence-electron chi connectivity index (χ4n) is 0.856. The average Bonchev–Trinajstić information content (AvgIpc) is 2.04. The molecule has 0 amide bonds. The van der Waals surface area contributed by atoms with Gasteiger partial charge in [0.2, 0.25) is 5.95 Å². The summed E-state index contributed by atoms with van der Waals surface area (Å²) in [6.45, 7) is 3.94. The lowest BCUT2D eigenvalue weighted by Gasteiger charge is -2.06. The fourth-order valence-corrected chi connectivity index (χ4v) is 0.856. The van der Waals surface area contributed by atoms with Crippen LogP contribution in [0.2, 0.25) is 0 Å². The maximum absolute atomic E-state index is 12.9. The van der Waals surface area contributed by atoms with Crippen LogP contribution in [-0.4, -0.2) is 9.97 Å². The van der Waals surface area contributed by atoms with Gasteiger partial charge in [-0.2, -0.15) is 4.39 Å². The zero-order valence-corrected chi connectivity index (χ0v) is 6.71. The molecule has 3 heteroatoms. The van der Waals surface area contributed by atoms with Crippen LogP contribution in [0.15, 0.2) is 12.4 Å². The maximum atomic E-state index is 12.9. The van der Waals surface area contributed by atoms with Crippen LogP contribution in [-0.2, 0) is 0 Å². The van der Waals surface area contributed by atoms with Gasteiger partial charge in [-0.05, 0) is 6.42 Å². The molecule has 11 heavy (non-hydrogen) atoms. The standard InChI is InChI=1S/C8H11FN2/c1-3-6(2)7-8(9)11-5-4-10-7/h4-6H,3H2,1-2H3. The van der Waals surface area contributed by atoms with Gasteiger partial charge in [0.15, 0.2) is 0 Å². The van der Waals surface area contributed by atoms with E-state index in [-0.39, 0.29) is 5.92 Å². The Kier molecular flexibility index (Phi) is 2.52. The molecule has 0 aliphatic rings. The molecule has 1 unspecified atom stereocenters. The minimum atomic E-state index is -0.443. The Morgan fingerprint density at radius 1 is 1.45 bits per heavy atom. The number of halogens is 1. The van der Waals surface area contributed by atoms with Crippen LogP contribution in [0, 0.1) is 5.95 Å². The van der Waals surface area contributed by atoms with E-state index < -0.39 is 5.95 Å². The lowest BCUT2D eigenvalue weighted by atomic mass is 10.1. The Balaban J connectivity index is 2.93. The molecule has 0 radical (unpaired) electrons. The third kappa shape index (κ3) is 1.73. The number of nitrogens with zero attached hydrogens (tertiary/aromatic N) is 2. The van der Waals surface area contributed by atoms with Crippen molar-refractivity contribution in [2.75, 3.05) is 0 Å². The first kappa shape index (κ1) is 8.11. The Labute approximate surface area is 65.5 Å². The van der Waals surface area contributed by atoms with Crippen molar-refractivity contribution in [1.29, 1.82) is 0 Å². The van der Waals surface area contributed by atoms with E-state index in [1.165, 1.54) is 12.4 Å². The van der Waals surface area contributed by atoms with E-state index in [4.69, 9.17) is 0 Å². The molecule has 1 heterocycles. The van der Waals surface area contributed by atoms with Gasteiger partial charge in [0.25, 0.3) is 0 Å². The number of aromatic nitrogens is 2. The minimum absolute atomic E-state index is 0.156. The monoisotopic (exact) mass is 154 g/mol. The normalized spacial score (nSPS) is 13.0. The van der Waals surface area contributed by atoms with Crippen LogP contribution in [0.4, 0.5) is 4.39 Å². The molecule has 0 bridgehead atoms. The molecule has 0 spiro atoms. The summed E-state index contributed by atoms with van der Waals surface area (Å²) in [6, 6.07) is 0. The molecule has 1 aromatic rings. The molecular weight excluding hydrogens is 143 g/mol. The lowest BCUT2D eigenvalue weighted by Crippen LogP contribution is -2.00. The van der Waals surface area contributed by atoms with E-state index in [0.29, 0.717) is 5.69 Å². The van der Waals surface area contributed by atoms with Crippen LogP contribution in [0.5, 0.6) is 0 Å². The average molecular weight is 154 g/mol. The van der Waals surface area contributed by atoms with Crippen molar-refractivity contribution in [3.05, 3.63) is 24.0 Å². The van der Waals surface area contributed by atoms with E-state index in [2.05, 4.69) is 9.97 Å². The van der Waals surface area contributed by atoms with E-state index in [1.54, 1.807) is 0 Å². The molecule has 0 saturated heterocycles. The quantitative estimate of drug-likeness (QED) is 0.652. The van der Waals surface area contributed by atoms with Crippen molar-refractivity contribution in [3.8, 4) is 0 Å². The zero-order chi connectivity index (χ0) is 8.27. The Bertz CT molecular complexity index is 237. The van der Waals surface area contributed by atoms with Crippen LogP contribution in [0.3, 0.4) is 0 Å². The topological polar surface area (TPSA) is 25.8 Å². The molecule has 1 aromatic heterocycles. The SMILES string of the molecule is CCC(C)c1nccnc1F. The van der Waals surface area contributed by atoms with Crippen molar-refractivity contribution < 1.29 is 4.39 Å². The molecule has 0 aliphatic heterocycles. The molecule has 1 rings (SSSR count). The summed E-state index contributed by atoms with van der Waals surface area (Å²) in [5.74, 6) is -0.287. The summed E-state index contributed by atoms with van der Waals surface area (Å²) in [7, 11) is 0. The first-order chi connectivity index (χ1) is 5.25. The highest BCUT2D eigenvalue weighted by Crippen LogP contribution is 2.16. The second-order valence-corrected chi connectivity index (χ2v) is 2.54. The smallest absolute Gasteiger partial charge is 0.234 e. The molecule has 60 valence electrons. The third-order valence-electron chi connectivity index (χ3n) is 1.76. The van der Waals surface area contributed by atoms with Gasteiger partial charge >= 0.3 is 0 Å². The van der Waals surface area contributed by atoms with Crippen molar-refractivity contribution >= 4 is 0 Å². The van der Waals surface area contributed by atoms with Gasteiger partial charge in [0, 0.05) is 18.3 Å². The largest absolute Gasteiger partial charge is 0.255 e. The summed E-state index contributed by atoms with van der Waals surface area (Å²) in [6.07, 6.45) is 3.77. The highest BCUT2D eigenvalue weighted by molar-refractivity contribution is 5.03. The minimum Gasteiger partial charge on any atom is -0.255 e. The fraction of sp³-hybridized carbons (Fsp3) is 0.500. The van der Waals surface area contributed by atoms with Gasteiger partial charge in [0.05, 0.1) is 5.69 Å². The van der Waals surface area contributed by atoms with E-state index in [1.807, 2.05) is 13.8 Å². The van der Waals surface area contributed by atoms with Crippen LogP contribution >= 0.6 is 0 Å². The number of hydrogen-bond acceptors (Lipinski definition) is 2. The first-order valence-electron chi connectivity index (χ1n) is 3.72. The van der Waals surface area contributed by atoms with E-state index >= 15 is 0 Å². The van der Waals surface area contributed by atoms with Crippen LogP contribution < -0.4 is 0 Å². The maximum Gasteiger partial charge on any atom is 0.234 e. The summed E-state index contributed by atoms with van der Waals surface area (Å²) < 4.78 is 12.9. The van der Waals surface area contributed by atoms with Gasteiger partial charge < -0.3 is 0 Å². The third-order valence-corrected chi connectivity index (χ3v) is 1.76. The van der Waals surface area contributed by atoms with Crippen molar-refractivity contribution in [1.82, 2.24) is 9.97 Å². The van der Waals surface area contributed by atoms with Gasteiger partial charge in [-0.1, -0.05) is 13.8 Å². The molecule has 0 fully saturated rings. The summed E-state index contributed by atoms with van der Waals surface area (Å²) in [4.78, 5) is 7.43. The van der Waals surface area contributed by atoms with Gasteiger partial charge in [-0.15, -0.1) is 0 Å². The summed E-state index contributed by atoms with van der Waals surface area (Å²) in [5, 5.41) is 0. The van der Waals surface area contributed by atoms with Gasteiger partial charge in [0.1, 0.15) is 0 Å². The van der Waals surface area contributed by atoms with E-state index in [0.717, 1.165) is 6.42 Å². The van der Waals surface area contributed by atoms with Crippen LogP contribution in [0.25, 0.3) is 0 Å². The van der Waals surface area contributed by atoms with Gasteiger partial charge in [-0.25, -0.2) is 4.98 Å². The first-order valence-corrected chi connectivity index (χ1v) is 3.72. The number of hydrogen-bond donors (Lipinski definition) is 0. The van der Waals surface area contributed by atoms with Crippen molar-refractivity contribution in [2.24, 2.45) is 0 Å². The predicted octanol–water partition coefficient (Wildman–Crippen LogP) is 2.13.